The lowest BCUT2D eigenvalue weighted by atomic mass is 10.1. The van der Waals surface area contributed by atoms with Crippen LogP contribution in [0.25, 0.3) is 0 Å². The number of nitrogens with two attached hydrogens (primary N) is 1. The zero-order chi connectivity index (χ0) is 18.1. The standard InChI is InChI=1S/C7H18NO12P3/c1-4(8)6-2-5(9)7(18-6)3-17-22(13,14)20-23(15,16)19-21(10,11)12/h4-7,9H,2-3,8H2,1H3,(H,13,14)(H,15,16)(H2,10,11,12). The largest absolute Gasteiger partial charge is 0.490 e. The topological polar surface area (TPSA) is 215 Å². The van der Waals surface area contributed by atoms with Gasteiger partial charge in [-0.1, -0.05) is 0 Å². The molecule has 1 heterocycles. The van der Waals surface area contributed by atoms with Crippen LogP contribution >= 0.6 is 23.5 Å². The van der Waals surface area contributed by atoms with Gasteiger partial charge in [0, 0.05) is 12.5 Å². The van der Waals surface area contributed by atoms with Crippen LogP contribution in [0.15, 0.2) is 0 Å². The SMILES string of the molecule is CC(N)C1CC(O)C(COP(=O)(O)OP(=O)(O)OP(=O)(O)O)O1. The lowest BCUT2D eigenvalue weighted by Crippen LogP contribution is -2.32. The van der Waals surface area contributed by atoms with Gasteiger partial charge in [-0.15, -0.1) is 0 Å². The first-order chi connectivity index (χ1) is 10.2. The summed E-state index contributed by atoms with van der Waals surface area (Å²) in [7, 11) is -16.2. The Morgan fingerprint density at radius 3 is 2.17 bits per heavy atom. The van der Waals surface area contributed by atoms with E-state index in [0.29, 0.717) is 0 Å². The van der Waals surface area contributed by atoms with Gasteiger partial charge >= 0.3 is 23.5 Å². The first kappa shape index (κ1) is 21.3. The number of phosphoric acid groups is 3. The van der Waals surface area contributed by atoms with E-state index in [0.717, 1.165) is 0 Å². The number of hydrogen-bond acceptors (Lipinski definition) is 9. The molecule has 1 aliphatic rings. The number of aliphatic hydroxyl groups is 1. The van der Waals surface area contributed by atoms with Crippen molar-refractivity contribution in [2.24, 2.45) is 5.73 Å². The molecule has 0 amide bonds. The van der Waals surface area contributed by atoms with Crippen LogP contribution < -0.4 is 5.73 Å². The smallest absolute Gasteiger partial charge is 0.390 e. The molecule has 1 aliphatic heterocycles. The van der Waals surface area contributed by atoms with Crippen molar-refractivity contribution in [2.45, 2.75) is 37.7 Å². The minimum Gasteiger partial charge on any atom is -0.390 e. The van der Waals surface area contributed by atoms with Gasteiger partial charge in [-0.05, 0) is 6.92 Å². The first-order valence-corrected chi connectivity index (χ1v) is 10.6. The van der Waals surface area contributed by atoms with Crippen LogP contribution in [0.4, 0.5) is 0 Å². The van der Waals surface area contributed by atoms with E-state index >= 15 is 0 Å². The second-order valence-corrected chi connectivity index (χ2v) is 9.18. The summed E-state index contributed by atoms with van der Waals surface area (Å²) in [6, 6.07) is -0.416. The lowest BCUT2D eigenvalue weighted by molar-refractivity contribution is -0.0259. The predicted octanol–water partition coefficient (Wildman–Crippen LogP) is -0.805. The highest BCUT2D eigenvalue weighted by Gasteiger charge is 2.42. The van der Waals surface area contributed by atoms with Gasteiger partial charge in [-0.3, -0.25) is 4.52 Å². The Balaban J connectivity index is 2.58. The van der Waals surface area contributed by atoms with E-state index < -0.39 is 54.4 Å². The van der Waals surface area contributed by atoms with Crippen molar-refractivity contribution in [3.63, 3.8) is 0 Å². The lowest BCUT2D eigenvalue weighted by Gasteiger charge is -2.19. The highest BCUT2D eigenvalue weighted by atomic mass is 31.3. The van der Waals surface area contributed by atoms with E-state index in [2.05, 4.69) is 13.1 Å². The molecule has 6 atom stereocenters. The molecule has 1 rings (SSSR count). The van der Waals surface area contributed by atoms with Crippen LogP contribution in [-0.4, -0.2) is 55.6 Å². The van der Waals surface area contributed by atoms with Crippen LogP contribution in [0.2, 0.25) is 0 Å². The maximum Gasteiger partial charge on any atom is 0.490 e. The van der Waals surface area contributed by atoms with Gasteiger partial charge in [-0.2, -0.15) is 8.62 Å². The third-order valence-corrected chi connectivity index (χ3v) is 6.46. The molecule has 0 aliphatic carbocycles. The average Bonchev–Trinajstić information content (AvgIpc) is 2.63. The molecule has 13 nitrogen and oxygen atoms in total. The normalized spacial score (nSPS) is 32.2. The van der Waals surface area contributed by atoms with Crippen molar-refractivity contribution >= 4 is 23.5 Å². The molecule has 0 saturated carbocycles. The number of aliphatic hydroxyl groups excluding tert-OH is 1. The quantitative estimate of drug-likeness (QED) is 0.275. The second kappa shape index (κ2) is 7.67. The molecular formula is C7H18NO12P3. The molecule has 1 saturated heterocycles. The minimum atomic E-state index is -5.56. The molecule has 138 valence electrons. The summed E-state index contributed by atoms with van der Waals surface area (Å²) in [6.45, 7) is 0.927. The molecule has 0 aromatic rings. The monoisotopic (exact) mass is 401 g/mol. The summed E-state index contributed by atoms with van der Waals surface area (Å²) in [4.78, 5) is 34.9. The fraction of sp³-hybridized carbons (Fsp3) is 1.00. The molecule has 0 spiro atoms. The summed E-state index contributed by atoms with van der Waals surface area (Å²) in [5.41, 5.74) is 5.58. The zero-order valence-corrected chi connectivity index (χ0v) is 14.4. The molecule has 0 radical (unpaired) electrons. The van der Waals surface area contributed by atoms with Crippen LogP contribution in [0, 0.1) is 0 Å². The maximum absolute atomic E-state index is 11.5. The van der Waals surface area contributed by atoms with Crippen molar-refractivity contribution in [3.8, 4) is 0 Å². The fourth-order valence-electron chi connectivity index (χ4n) is 1.72. The summed E-state index contributed by atoms with van der Waals surface area (Å²) >= 11 is 0. The number of phosphoric ester groups is 1. The van der Waals surface area contributed by atoms with E-state index in [9.17, 15) is 23.7 Å². The zero-order valence-electron chi connectivity index (χ0n) is 11.7. The second-order valence-electron chi connectivity index (χ2n) is 4.76. The van der Waals surface area contributed by atoms with E-state index in [1.165, 1.54) is 0 Å². The van der Waals surface area contributed by atoms with Gasteiger partial charge < -0.3 is 35.2 Å². The fourth-order valence-corrected chi connectivity index (χ4v) is 4.75. The van der Waals surface area contributed by atoms with Crippen molar-refractivity contribution in [2.75, 3.05) is 6.61 Å². The summed E-state index contributed by atoms with van der Waals surface area (Å²) in [5, 5.41) is 9.69. The first-order valence-electron chi connectivity index (χ1n) is 6.08. The van der Waals surface area contributed by atoms with E-state index in [1.807, 2.05) is 0 Å². The van der Waals surface area contributed by atoms with Gasteiger partial charge in [0.2, 0.25) is 0 Å². The molecule has 6 unspecified atom stereocenters. The number of ether oxygens (including phenoxy) is 1. The predicted molar refractivity (Wildman–Crippen MR) is 72.8 cm³/mol. The Hall–Kier alpha value is 0.290. The summed E-state index contributed by atoms with van der Waals surface area (Å²) < 4.78 is 49.7. The van der Waals surface area contributed by atoms with Crippen LogP contribution in [0.3, 0.4) is 0 Å². The maximum atomic E-state index is 11.5. The molecule has 0 aromatic carbocycles. The van der Waals surface area contributed by atoms with Crippen molar-refractivity contribution in [3.05, 3.63) is 0 Å². The Kier molecular flexibility index (Phi) is 7.12. The minimum absolute atomic E-state index is 0.155. The van der Waals surface area contributed by atoms with Gasteiger partial charge in [0.15, 0.2) is 0 Å². The number of hydrogen-bond donors (Lipinski definition) is 6. The molecule has 1 fully saturated rings. The molecule has 7 N–H and O–H groups in total. The highest BCUT2D eigenvalue weighted by molar-refractivity contribution is 7.66. The Morgan fingerprint density at radius 1 is 1.17 bits per heavy atom. The molecule has 0 bridgehead atoms. The third kappa shape index (κ3) is 7.80. The van der Waals surface area contributed by atoms with Gasteiger partial charge in [-0.25, -0.2) is 13.7 Å². The van der Waals surface area contributed by atoms with Gasteiger partial charge in [0.25, 0.3) is 0 Å². The molecule has 23 heavy (non-hydrogen) atoms. The van der Waals surface area contributed by atoms with E-state index in [1.54, 1.807) is 6.92 Å². The van der Waals surface area contributed by atoms with Gasteiger partial charge in [0.05, 0.1) is 18.8 Å². The number of rotatable bonds is 8. The Labute approximate surface area is 130 Å². The Morgan fingerprint density at radius 2 is 1.74 bits per heavy atom. The van der Waals surface area contributed by atoms with Crippen molar-refractivity contribution < 1.29 is 56.3 Å². The highest BCUT2D eigenvalue weighted by Crippen LogP contribution is 2.66. The molecule has 0 aromatic heterocycles. The summed E-state index contributed by atoms with van der Waals surface area (Å²) in [5.74, 6) is 0. The van der Waals surface area contributed by atoms with E-state index in [-0.39, 0.29) is 6.42 Å². The third-order valence-electron chi connectivity index (χ3n) is 2.66. The average molecular weight is 401 g/mol. The summed E-state index contributed by atoms with van der Waals surface area (Å²) in [6.07, 6.45) is -2.46. The molecular weight excluding hydrogens is 383 g/mol. The van der Waals surface area contributed by atoms with Crippen molar-refractivity contribution in [1.29, 1.82) is 0 Å². The van der Waals surface area contributed by atoms with Crippen LogP contribution in [0.1, 0.15) is 13.3 Å². The van der Waals surface area contributed by atoms with Crippen LogP contribution in [0.5, 0.6) is 0 Å². The van der Waals surface area contributed by atoms with E-state index in [4.69, 9.17) is 25.2 Å². The van der Waals surface area contributed by atoms with Gasteiger partial charge in [0.1, 0.15) is 6.10 Å². The van der Waals surface area contributed by atoms with Crippen LogP contribution in [-0.2, 0) is 31.6 Å². The molecule has 16 heteroatoms. The van der Waals surface area contributed by atoms with Crippen molar-refractivity contribution in [1.82, 2.24) is 0 Å². The Bertz CT molecular complexity index is 547.